The maximum absolute atomic E-state index is 12.6. The van der Waals surface area contributed by atoms with Gasteiger partial charge in [0.05, 0.1) is 40.4 Å². The highest BCUT2D eigenvalue weighted by molar-refractivity contribution is 5.79. The number of hydrogen-bond acceptors (Lipinski definition) is 4. The van der Waals surface area contributed by atoms with Crippen molar-refractivity contribution in [1.29, 1.82) is 0 Å². The Balaban J connectivity index is 1.50. The number of anilines is 1. The molecule has 1 heterocycles. The number of piperazine rings is 1. The number of nitrogens with one attached hydrogen (secondary N) is 2. The number of hydrogen-bond donors (Lipinski definition) is 2. The lowest BCUT2D eigenvalue weighted by Gasteiger charge is -2.36. The molecule has 0 bridgehead atoms. The normalized spacial score (nSPS) is 15.8. The van der Waals surface area contributed by atoms with E-state index >= 15 is 0 Å². The van der Waals surface area contributed by atoms with Crippen LogP contribution in [0, 0.1) is 0 Å². The molecule has 0 spiro atoms. The molecule has 150 valence electrons. The van der Waals surface area contributed by atoms with Gasteiger partial charge >= 0.3 is 0 Å². The number of carbonyl (C=O) groups is 1. The number of rotatable bonds is 7. The molecular formula is C22H30N3O3+. The van der Waals surface area contributed by atoms with Crippen molar-refractivity contribution >= 4 is 11.6 Å². The van der Waals surface area contributed by atoms with Gasteiger partial charge in [-0.05, 0) is 36.8 Å². The van der Waals surface area contributed by atoms with Crippen LogP contribution in [0.1, 0.15) is 12.5 Å². The Bertz CT molecular complexity index is 774. The molecule has 2 N–H and O–H groups in total. The fourth-order valence-electron chi connectivity index (χ4n) is 3.64. The molecule has 28 heavy (non-hydrogen) atoms. The summed E-state index contributed by atoms with van der Waals surface area (Å²) >= 11 is 0. The highest BCUT2D eigenvalue weighted by atomic mass is 16.5. The van der Waals surface area contributed by atoms with Gasteiger partial charge in [-0.15, -0.1) is 0 Å². The summed E-state index contributed by atoms with van der Waals surface area (Å²) < 4.78 is 10.6. The van der Waals surface area contributed by atoms with Gasteiger partial charge in [0.2, 0.25) is 0 Å². The molecule has 2 aromatic rings. The van der Waals surface area contributed by atoms with Crippen molar-refractivity contribution in [1.82, 2.24) is 5.32 Å². The lowest BCUT2D eigenvalue weighted by molar-refractivity contribution is -0.914. The topological polar surface area (TPSA) is 55.2 Å². The average Bonchev–Trinajstić information content (AvgIpc) is 2.77. The summed E-state index contributed by atoms with van der Waals surface area (Å²) in [5, 5.41) is 3.06. The average molecular weight is 385 g/mol. The van der Waals surface area contributed by atoms with Crippen molar-refractivity contribution < 1.29 is 19.2 Å². The van der Waals surface area contributed by atoms with Crippen LogP contribution in [0.25, 0.3) is 0 Å². The van der Waals surface area contributed by atoms with Crippen LogP contribution in [0.4, 0.5) is 5.69 Å². The number of para-hydroxylation sites is 1. The third-order valence-corrected chi connectivity index (χ3v) is 5.45. The molecule has 0 unspecified atom stereocenters. The molecule has 1 saturated heterocycles. The number of benzene rings is 2. The van der Waals surface area contributed by atoms with Crippen LogP contribution in [-0.4, -0.2) is 52.3 Å². The summed E-state index contributed by atoms with van der Waals surface area (Å²) in [7, 11) is 3.22. The summed E-state index contributed by atoms with van der Waals surface area (Å²) in [4.78, 5) is 16.4. The third-order valence-electron chi connectivity index (χ3n) is 5.45. The van der Waals surface area contributed by atoms with E-state index in [0.717, 1.165) is 31.7 Å². The molecule has 0 radical (unpaired) electrons. The van der Waals surface area contributed by atoms with Crippen molar-refractivity contribution in [3.8, 4) is 11.5 Å². The first-order valence-electron chi connectivity index (χ1n) is 9.75. The monoisotopic (exact) mass is 384 g/mol. The Labute approximate surface area is 167 Å². The van der Waals surface area contributed by atoms with Crippen molar-refractivity contribution in [3.63, 3.8) is 0 Å². The van der Waals surface area contributed by atoms with Gasteiger partial charge < -0.3 is 24.6 Å². The van der Waals surface area contributed by atoms with Crippen LogP contribution in [0.2, 0.25) is 0 Å². The largest absolute Gasteiger partial charge is 0.493 e. The smallest absolute Gasteiger partial charge is 0.278 e. The van der Waals surface area contributed by atoms with E-state index in [9.17, 15) is 4.79 Å². The Morgan fingerprint density at radius 3 is 2.39 bits per heavy atom. The number of amides is 1. The van der Waals surface area contributed by atoms with Gasteiger partial charge in [0, 0.05) is 12.2 Å². The standard InChI is InChI=1S/C22H29N3O3/c1-17(24-11-13-25(14-12-24)19-7-5-4-6-8-19)22(26)23-16-18-9-10-20(27-2)21(15-18)28-3/h4-10,15,17H,11-14,16H2,1-3H3,(H,23,26)/p+1/t17-/m1/s1. The number of methoxy groups -OCH3 is 2. The molecule has 1 aliphatic heterocycles. The molecule has 0 aliphatic carbocycles. The Morgan fingerprint density at radius 2 is 1.75 bits per heavy atom. The number of ether oxygens (including phenoxy) is 2. The minimum atomic E-state index is -0.0712. The number of nitrogens with zero attached hydrogens (tertiary/aromatic N) is 1. The van der Waals surface area contributed by atoms with Crippen molar-refractivity contribution in [3.05, 3.63) is 54.1 Å². The van der Waals surface area contributed by atoms with E-state index in [-0.39, 0.29) is 11.9 Å². The van der Waals surface area contributed by atoms with E-state index < -0.39 is 0 Å². The molecule has 6 nitrogen and oxygen atoms in total. The quantitative estimate of drug-likeness (QED) is 0.751. The molecule has 1 atom stereocenters. The van der Waals surface area contributed by atoms with Crippen LogP contribution in [0.15, 0.2) is 48.5 Å². The number of quaternary nitrogens is 1. The Hall–Kier alpha value is -2.73. The van der Waals surface area contributed by atoms with Gasteiger partial charge in [-0.2, -0.15) is 0 Å². The van der Waals surface area contributed by atoms with E-state index in [1.54, 1.807) is 14.2 Å². The molecule has 1 fully saturated rings. The number of carbonyl (C=O) groups excluding carboxylic acids is 1. The lowest BCUT2D eigenvalue weighted by atomic mass is 10.1. The molecular weight excluding hydrogens is 354 g/mol. The maximum Gasteiger partial charge on any atom is 0.278 e. The Morgan fingerprint density at radius 1 is 1.07 bits per heavy atom. The van der Waals surface area contributed by atoms with Gasteiger partial charge in [0.1, 0.15) is 0 Å². The first-order valence-corrected chi connectivity index (χ1v) is 9.75. The summed E-state index contributed by atoms with van der Waals surface area (Å²) in [5.74, 6) is 1.44. The predicted octanol–water partition coefficient (Wildman–Crippen LogP) is 1.11. The van der Waals surface area contributed by atoms with Crippen molar-refractivity contribution in [2.24, 2.45) is 0 Å². The van der Waals surface area contributed by atoms with E-state index in [2.05, 4.69) is 34.5 Å². The predicted molar refractivity (Wildman–Crippen MR) is 110 cm³/mol. The van der Waals surface area contributed by atoms with Crippen LogP contribution in [0.3, 0.4) is 0 Å². The van der Waals surface area contributed by atoms with Crippen LogP contribution in [-0.2, 0) is 11.3 Å². The summed E-state index contributed by atoms with van der Waals surface area (Å²) in [6, 6.07) is 16.1. The van der Waals surface area contributed by atoms with Crippen LogP contribution < -0.4 is 24.6 Å². The second-order valence-electron chi connectivity index (χ2n) is 7.11. The van der Waals surface area contributed by atoms with E-state index in [4.69, 9.17) is 9.47 Å². The van der Waals surface area contributed by atoms with Crippen LogP contribution >= 0.6 is 0 Å². The van der Waals surface area contributed by atoms with Gasteiger partial charge in [-0.25, -0.2) is 0 Å². The van der Waals surface area contributed by atoms with Crippen molar-refractivity contribution in [2.45, 2.75) is 19.5 Å². The van der Waals surface area contributed by atoms with E-state index in [1.807, 2.05) is 31.2 Å². The summed E-state index contributed by atoms with van der Waals surface area (Å²) in [6.07, 6.45) is 0. The molecule has 1 aliphatic rings. The zero-order valence-electron chi connectivity index (χ0n) is 16.9. The fraction of sp³-hybridized carbons (Fsp3) is 0.409. The molecule has 6 heteroatoms. The molecule has 0 saturated carbocycles. The van der Waals surface area contributed by atoms with Gasteiger partial charge in [-0.1, -0.05) is 24.3 Å². The molecule has 0 aromatic heterocycles. The van der Waals surface area contributed by atoms with Gasteiger partial charge in [0.25, 0.3) is 5.91 Å². The minimum Gasteiger partial charge on any atom is -0.493 e. The first kappa shape index (κ1) is 20.0. The van der Waals surface area contributed by atoms with Gasteiger partial charge in [-0.3, -0.25) is 4.79 Å². The molecule has 1 amide bonds. The molecule has 2 aromatic carbocycles. The molecule has 3 rings (SSSR count). The highest BCUT2D eigenvalue weighted by Crippen LogP contribution is 2.27. The first-order chi connectivity index (χ1) is 13.6. The summed E-state index contributed by atoms with van der Waals surface area (Å²) in [5.41, 5.74) is 2.24. The zero-order valence-corrected chi connectivity index (χ0v) is 16.9. The lowest BCUT2D eigenvalue weighted by Crippen LogP contribution is -3.19. The van der Waals surface area contributed by atoms with Crippen molar-refractivity contribution in [2.75, 3.05) is 45.3 Å². The maximum atomic E-state index is 12.6. The minimum absolute atomic E-state index is 0.0712. The second kappa shape index (κ2) is 9.46. The van der Waals surface area contributed by atoms with Crippen LogP contribution in [0.5, 0.6) is 11.5 Å². The summed E-state index contributed by atoms with van der Waals surface area (Å²) in [6.45, 7) is 6.34. The third kappa shape index (κ3) is 4.75. The van der Waals surface area contributed by atoms with E-state index in [0.29, 0.717) is 18.0 Å². The zero-order chi connectivity index (χ0) is 19.9. The second-order valence-corrected chi connectivity index (χ2v) is 7.11. The fourth-order valence-corrected chi connectivity index (χ4v) is 3.64. The van der Waals surface area contributed by atoms with E-state index in [1.165, 1.54) is 10.6 Å². The SMILES string of the molecule is COc1ccc(CNC(=O)[C@@H](C)[NH+]2CCN(c3ccccc3)CC2)cc1OC. The Kier molecular flexibility index (Phi) is 6.76. The van der Waals surface area contributed by atoms with Gasteiger partial charge in [0.15, 0.2) is 17.5 Å². The highest BCUT2D eigenvalue weighted by Gasteiger charge is 2.29.